The largest absolute Gasteiger partial charge is 0.455 e. The predicted molar refractivity (Wildman–Crippen MR) is 259 cm³/mol. The number of aromatic nitrogens is 5. The predicted octanol–water partition coefficient (Wildman–Crippen LogP) is 14.9. The molecule has 0 spiro atoms. The molecular formula is C57H33N5O2. The quantitative estimate of drug-likeness (QED) is 0.173. The van der Waals surface area contributed by atoms with Crippen LogP contribution in [0.3, 0.4) is 0 Å². The Morgan fingerprint density at radius 3 is 1.67 bits per heavy atom. The molecule has 0 amide bonds. The Kier molecular flexibility index (Phi) is 7.27. The van der Waals surface area contributed by atoms with Crippen molar-refractivity contribution in [3.05, 3.63) is 200 Å². The van der Waals surface area contributed by atoms with Gasteiger partial charge in [0, 0.05) is 59.9 Å². The molecule has 5 aromatic heterocycles. The van der Waals surface area contributed by atoms with Crippen LogP contribution in [0.4, 0.5) is 0 Å². The summed E-state index contributed by atoms with van der Waals surface area (Å²) in [6, 6.07) is 69.6. The van der Waals surface area contributed by atoms with Gasteiger partial charge in [0.05, 0.1) is 27.6 Å². The molecule has 14 rings (SSSR count). The highest BCUT2D eigenvalue weighted by molar-refractivity contribution is 6.26. The summed E-state index contributed by atoms with van der Waals surface area (Å²) in [7, 11) is 0. The van der Waals surface area contributed by atoms with E-state index in [1.807, 2.05) is 66.7 Å². The molecule has 0 aliphatic carbocycles. The van der Waals surface area contributed by atoms with Gasteiger partial charge in [0.2, 0.25) is 5.95 Å². The van der Waals surface area contributed by atoms with E-state index in [4.69, 9.17) is 23.8 Å². The van der Waals surface area contributed by atoms with Gasteiger partial charge in [-0.2, -0.15) is 9.97 Å². The molecule has 0 saturated carbocycles. The molecule has 0 aliphatic rings. The molecule has 7 nitrogen and oxygen atoms in total. The number of hydrogen-bond acceptors (Lipinski definition) is 5. The third kappa shape index (κ3) is 5.00. The van der Waals surface area contributed by atoms with Gasteiger partial charge in [-0.15, -0.1) is 0 Å². The van der Waals surface area contributed by atoms with E-state index in [1.54, 1.807) is 0 Å². The lowest BCUT2D eigenvalue weighted by Gasteiger charge is -2.13. The highest BCUT2D eigenvalue weighted by Crippen LogP contribution is 2.45. The van der Waals surface area contributed by atoms with Crippen molar-refractivity contribution in [3.8, 4) is 45.5 Å². The standard InChI is InChI=1S/C57H33N5O2/c1-3-16-34(17-4-1)44-32-36(33-45-39-22-10-14-29-50(39)64-54(44)45)61-46-26-11-7-20-37(46)40-30-31-48-51(52(40)61)42-23-8-12-27-47(42)62(48)57-59-55(35-18-5-2-6-19-35)58-56(60-57)43-25-15-24-41-38-21-9-13-28-49(38)63-53(41)43/h1-33H. The second kappa shape index (κ2) is 13.3. The Hall–Kier alpha value is -8.81. The van der Waals surface area contributed by atoms with Crippen molar-refractivity contribution in [2.24, 2.45) is 0 Å². The van der Waals surface area contributed by atoms with Crippen LogP contribution < -0.4 is 0 Å². The molecular weight excluding hydrogens is 787 g/mol. The lowest BCUT2D eigenvalue weighted by molar-refractivity contribution is 0.669. The Bertz CT molecular complexity index is 4200. The third-order valence-corrected chi connectivity index (χ3v) is 12.8. The molecule has 0 N–H and O–H groups in total. The summed E-state index contributed by atoms with van der Waals surface area (Å²) in [5.74, 6) is 1.62. The fourth-order valence-corrected chi connectivity index (χ4v) is 9.99. The zero-order chi connectivity index (χ0) is 41.9. The van der Waals surface area contributed by atoms with E-state index in [-0.39, 0.29) is 0 Å². The van der Waals surface area contributed by atoms with E-state index in [1.165, 1.54) is 5.39 Å². The van der Waals surface area contributed by atoms with Crippen molar-refractivity contribution in [2.75, 3.05) is 0 Å². The van der Waals surface area contributed by atoms with Crippen molar-refractivity contribution in [3.63, 3.8) is 0 Å². The van der Waals surface area contributed by atoms with Gasteiger partial charge in [-0.1, -0.05) is 152 Å². The van der Waals surface area contributed by atoms with E-state index in [2.05, 4.69) is 143 Å². The smallest absolute Gasteiger partial charge is 0.238 e. The van der Waals surface area contributed by atoms with Crippen molar-refractivity contribution < 1.29 is 8.83 Å². The normalized spacial score (nSPS) is 12.1. The second-order valence-corrected chi connectivity index (χ2v) is 16.3. The zero-order valence-electron chi connectivity index (χ0n) is 34.1. The molecule has 5 heterocycles. The van der Waals surface area contributed by atoms with Gasteiger partial charge in [0.25, 0.3) is 0 Å². The Balaban J connectivity index is 1.09. The van der Waals surface area contributed by atoms with Crippen molar-refractivity contribution in [2.45, 2.75) is 0 Å². The maximum absolute atomic E-state index is 6.65. The molecule has 64 heavy (non-hydrogen) atoms. The SMILES string of the molecule is c1ccc(-c2nc(-c3cccc4c3oc3ccccc34)nc(-n3c4ccccc4c4c3ccc3c5ccccc5n(-c5cc(-c6ccccc6)c6oc7ccccc7c6c5)c34)n2)cc1. The lowest BCUT2D eigenvalue weighted by atomic mass is 10.0. The van der Waals surface area contributed by atoms with Crippen LogP contribution in [-0.2, 0) is 0 Å². The number of hydrogen-bond donors (Lipinski definition) is 0. The Morgan fingerprint density at radius 2 is 0.922 bits per heavy atom. The number of benzene rings is 9. The average Bonchev–Trinajstić information content (AvgIpc) is 4.12. The monoisotopic (exact) mass is 819 g/mol. The molecule has 298 valence electrons. The van der Waals surface area contributed by atoms with Gasteiger partial charge in [-0.05, 0) is 54.1 Å². The molecule has 0 bridgehead atoms. The molecule has 0 radical (unpaired) electrons. The van der Waals surface area contributed by atoms with Crippen molar-refractivity contribution in [1.29, 1.82) is 0 Å². The van der Waals surface area contributed by atoms with Gasteiger partial charge in [-0.25, -0.2) is 4.98 Å². The molecule has 0 aliphatic heterocycles. The summed E-state index contributed by atoms with van der Waals surface area (Å²) in [5, 5.41) is 8.73. The zero-order valence-corrected chi connectivity index (χ0v) is 34.1. The fraction of sp³-hybridized carbons (Fsp3) is 0. The van der Waals surface area contributed by atoms with Crippen LogP contribution in [0.25, 0.3) is 133 Å². The molecule has 14 aromatic rings. The number of para-hydroxylation sites is 5. The van der Waals surface area contributed by atoms with Crippen LogP contribution in [-0.4, -0.2) is 24.1 Å². The highest BCUT2D eigenvalue weighted by atomic mass is 16.3. The van der Waals surface area contributed by atoms with Crippen molar-refractivity contribution in [1.82, 2.24) is 24.1 Å². The number of rotatable bonds is 5. The van der Waals surface area contributed by atoms with Crippen LogP contribution in [0.2, 0.25) is 0 Å². The maximum Gasteiger partial charge on any atom is 0.238 e. The summed E-state index contributed by atoms with van der Waals surface area (Å²) >= 11 is 0. The summed E-state index contributed by atoms with van der Waals surface area (Å²) in [4.78, 5) is 15.8. The minimum absolute atomic E-state index is 0.517. The summed E-state index contributed by atoms with van der Waals surface area (Å²) < 4.78 is 17.8. The topological polar surface area (TPSA) is 74.8 Å². The first-order valence-electron chi connectivity index (χ1n) is 21.4. The molecule has 9 aromatic carbocycles. The molecule has 7 heteroatoms. The van der Waals surface area contributed by atoms with Gasteiger partial charge >= 0.3 is 0 Å². The minimum atomic E-state index is 0.517. The minimum Gasteiger partial charge on any atom is -0.455 e. The van der Waals surface area contributed by atoms with Gasteiger partial charge in [0.15, 0.2) is 11.6 Å². The summed E-state index contributed by atoms with van der Waals surface area (Å²) in [6.07, 6.45) is 0. The van der Waals surface area contributed by atoms with E-state index in [0.717, 1.165) is 110 Å². The van der Waals surface area contributed by atoms with Crippen LogP contribution >= 0.6 is 0 Å². The summed E-state index contributed by atoms with van der Waals surface area (Å²) in [6.45, 7) is 0. The Labute approximate surface area is 364 Å². The van der Waals surface area contributed by atoms with Gasteiger partial charge < -0.3 is 13.4 Å². The van der Waals surface area contributed by atoms with E-state index < -0.39 is 0 Å². The molecule has 0 saturated heterocycles. The van der Waals surface area contributed by atoms with Gasteiger partial charge in [-0.3, -0.25) is 4.57 Å². The third-order valence-electron chi connectivity index (χ3n) is 12.8. The van der Waals surface area contributed by atoms with Crippen LogP contribution in [0.15, 0.2) is 209 Å². The van der Waals surface area contributed by atoms with Crippen LogP contribution in [0.5, 0.6) is 0 Å². The summed E-state index contributed by atoms with van der Waals surface area (Å²) in [5.41, 5.74) is 12.3. The highest BCUT2D eigenvalue weighted by Gasteiger charge is 2.25. The van der Waals surface area contributed by atoms with E-state index in [9.17, 15) is 0 Å². The first-order chi connectivity index (χ1) is 31.7. The van der Waals surface area contributed by atoms with Gasteiger partial charge in [0.1, 0.15) is 22.3 Å². The number of nitrogens with zero attached hydrogens (tertiary/aromatic N) is 5. The van der Waals surface area contributed by atoms with Crippen LogP contribution in [0, 0.1) is 0 Å². The second-order valence-electron chi connectivity index (χ2n) is 16.3. The van der Waals surface area contributed by atoms with Crippen LogP contribution in [0.1, 0.15) is 0 Å². The first-order valence-corrected chi connectivity index (χ1v) is 21.4. The molecule has 0 unspecified atom stereocenters. The van der Waals surface area contributed by atoms with E-state index >= 15 is 0 Å². The first kappa shape index (κ1) is 34.9. The average molecular weight is 820 g/mol. The molecule has 0 atom stereocenters. The lowest BCUT2D eigenvalue weighted by Crippen LogP contribution is -2.06. The van der Waals surface area contributed by atoms with E-state index in [0.29, 0.717) is 17.6 Å². The molecule has 0 fully saturated rings. The number of furan rings is 2. The fourth-order valence-electron chi connectivity index (χ4n) is 9.99. The van der Waals surface area contributed by atoms with Crippen molar-refractivity contribution >= 4 is 87.5 Å². The maximum atomic E-state index is 6.65. The Morgan fingerprint density at radius 1 is 0.344 bits per heavy atom. The number of fused-ring (bicyclic) bond motifs is 13.